The van der Waals surface area contributed by atoms with Gasteiger partial charge in [0.2, 0.25) is 11.8 Å². The summed E-state index contributed by atoms with van der Waals surface area (Å²) in [5, 5.41) is 11.2. The Morgan fingerprint density at radius 1 is 1.30 bits per heavy atom. The zero-order valence-corrected chi connectivity index (χ0v) is 17.9. The summed E-state index contributed by atoms with van der Waals surface area (Å²) in [7, 11) is 0. The van der Waals surface area contributed by atoms with Crippen LogP contribution in [-0.2, 0) is 25.6 Å². The Labute approximate surface area is 180 Å². The number of hydrogen-bond acceptors (Lipinski definition) is 5. The molecular formula is C22H28N2O5S. The maximum absolute atomic E-state index is 13.0. The first-order valence-electron chi connectivity index (χ1n) is 9.96. The number of carboxylic acids is 1. The number of nitrogens with one attached hydrogen (secondary N) is 1. The molecule has 8 heteroatoms. The van der Waals surface area contributed by atoms with Gasteiger partial charge in [0.15, 0.2) is 5.12 Å². The zero-order chi connectivity index (χ0) is 22.1. The van der Waals surface area contributed by atoms with Gasteiger partial charge in [-0.2, -0.15) is 0 Å². The molecule has 3 atom stereocenters. The van der Waals surface area contributed by atoms with Gasteiger partial charge in [-0.25, -0.2) is 0 Å². The quantitative estimate of drug-likeness (QED) is 0.581. The number of nitrogens with zero attached hydrogens (tertiary/aromatic N) is 1. The van der Waals surface area contributed by atoms with Gasteiger partial charge in [0.05, 0.1) is 5.25 Å². The highest BCUT2D eigenvalue weighted by Crippen LogP contribution is 2.23. The Kier molecular flexibility index (Phi) is 9.11. The van der Waals surface area contributed by atoms with E-state index >= 15 is 0 Å². The van der Waals surface area contributed by atoms with Crippen LogP contribution in [0.4, 0.5) is 0 Å². The van der Waals surface area contributed by atoms with E-state index in [1.54, 1.807) is 6.08 Å². The number of rotatable bonds is 9. The molecule has 0 bridgehead atoms. The molecule has 1 aromatic rings. The fraction of sp³-hybridized carbons (Fsp3) is 0.455. The number of amides is 2. The maximum atomic E-state index is 13.0. The van der Waals surface area contributed by atoms with Crippen molar-refractivity contribution < 1.29 is 24.3 Å². The average molecular weight is 433 g/mol. The molecule has 30 heavy (non-hydrogen) atoms. The predicted molar refractivity (Wildman–Crippen MR) is 116 cm³/mol. The van der Waals surface area contributed by atoms with E-state index in [1.807, 2.05) is 30.3 Å². The highest BCUT2D eigenvalue weighted by atomic mass is 32.2. The number of carbonyl (C=O) groups is 4. The molecule has 0 aromatic heterocycles. The zero-order valence-electron chi connectivity index (χ0n) is 17.1. The molecule has 2 rings (SSSR count). The third-order valence-electron chi connectivity index (χ3n) is 4.98. The highest BCUT2D eigenvalue weighted by Gasteiger charge is 2.35. The fourth-order valence-electron chi connectivity index (χ4n) is 3.62. The van der Waals surface area contributed by atoms with Crippen molar-refractivity contribution in [2.24, 2.45) is 0 Å². The summed E-state index contributed by atoms with van der Waals surface area (Å²) in [6, 6.07) is 8.30. The van der Waals surface area contributed by atoms with Crippen LogP contribution in [0.1, 0.15) is 38.2 Å². The number of aliphatic carboxylic acids is 1. The molecule has 2 amide bonds. The smallest absolute Gasteiger partial charge is 0.323 e. The molecule has 7 nitrogen and oxygen atoms in total. The van der Waals surface area contributed by atoms with Crippen molar-refractivity contribution >= 4 is 34.7 Å². The minimum Gasteiger partial charge on any atom is -0.480 e. The molecule has 162 valence electrons. The van der Waals surface area contributed by atoms with Gasteiger partial charge in [-0.1, -0.05) is 48.2 Å². The summed E-state index contributed by atoms with van der Waals surface area (Å²) in [5.74, 6) is -1.89. The van der Waals surface area contributed by atoms with Crippen molar-refractivity contribution in [2.75, 3.05) is 6.54 Å². The van der Waals surface area contributed by atoms with Crippen molar-refractivity contribution in [3.05, 3.63) is 48.6 Å². The Hall–Kier alpha value is -2.61. The van der Waals surface area contributed by atoms with Gasteiger partial charge in [-0.05, 0) is 37.7 Å². The van der Waals surface area contributed by atoms with Crippen LogP contribution in [0.3, 0.4) is 0 Å². The Morgan fingerprint density at radius 3 is 2.60 bits per heavy atom. The van der Waals surface area contributed by atoms with E-state index in [0.29, 0.717) is 32.1 Å². The molecule has 1 fully saturated rings. The molecule has 0 saturated carbocycles. The van der Waals surface area contributed by atoms with E-state index in [9.17, 15) is 24.3 Å². The summed E-state index contributed by atoms with van der Waals surface area (Å²) < 4.78 is 0. The maximum Gasteiger partial charge on any atom is 0.323 e. The van der Waals surface area contributed by atoms with Gasteiger partial charge in [0, 0.05) is 13.0 Å². The minimum absolute atomic E-state index is 0.183. The molecule has 1 heterocycles. The summed E-state index contributed by atoms with van der Waals surface area (Å²) >= 11 is 0.934. The number of likely N-dealkylation sites (tertiary alicyclic amines) is 1. The Balaban J connectivity index is 2.16. The van der Waals surface area contributed by atoms with Crippen LogP contribution in [0, 0.1) is 0 Å². The second-order valence-corrected chi connectivity index (χ2v) is 8.70. The molecule has 1 aliphatic heterocycles. The van der Waals surface area contributed by atoms with E-state index in [0.717, 1.165) is 17.3 Å². The topological polar surface area (TPSA) is 104 Å². The van der Waals surface area contributed by atoms with Crippen molar-refractivity contribution in [2.45, 2.75) is 56.4 Å². The summed E-state index contributed by atoms with van der Waals surface area (Å²) in [5.41, 5.74) is 0.914. The summed E-state index contributed by atoms with van der Waals surface area (Å²) in [4.78, 5) is 50.3. The molecule has 1 aliphatic rings. The predicted octanol–water partition coefficient (Wildman–Crippen LogP) is 2.40. The Morgan fingerprint density at radius 2 is 2.00 bits per heavy atom. The van der Waals surface area contributed by atoms with Gasteiger partial charge in [-0.15, -0.1) is 6.58 Å². The van der Waals surface area contributed by atoms with Crippen LogP contribution in [0.25, 0.3) is 0 Å². The van der Waals surface area contributed by atoms with Gasteiger partial charge in [-0.3, -0.25) is 19.2 Å². The normalized spacial score (nSPS) is 20.2. The first-order valence-corrected chi connectivity index (χ1v) is 10.8. The first-order chi connectivity index (χ1) is 14.3. The molecule has 0 radical (unpaired) electrons. The molecule has 2 N–H and O–H groups in total. The Bertz CT molecular complexity index is 783. The third kappa shape index (κ3) is 7.02. The van der Waals surface area contributed by atoms with E-state index < -0.39 is 35.6 Å². The first kappa shape index (κ1) is 23.7. The molecule has 0 spiro atoms. The standard InChI is InChI=1S/C22H28N2O5S/c1-3-8-17-11-7-12-18(22(29)24(17)14-20(26)27)23-21(28)19(30-15(2)25)13-16-9-5-4-6-10-16/h3-6,9-10,17-19H,1,7-8,11-14H2,2H3,(H,23,28)(H,26,27). The molecule has 3 unspecified atom stereocenters. The van der Waals surface area contributed by atoms with Gasteiger partial charge in [0.25, 0.3) is 0 Å². The second kappa shape index (κ2) is 11.5. The summed E-state index contributed by atoms with van der Waals surface area (Å²) in [6.45, 7) is 4.68. The monoisotopic (exact) mass is 432 g/mol. The number of thioether (sulfide) groups is 1. The highest BCUT2D eigenvalue weighted by molar-refractivity contribution is 8.14. The lowest BCUT2D eigenvalue weighted by Gasteiger charge is -2.30. The molecule has 1 saturated heterocycles. The van der Waals surface area contributed by atoms with E-state index in [4.69, 9.17) is 0 Å². The lowest BCUT2D eigenvalue weighted by Crippen LogP contribution is -2.53. The van der Waals surface area contributed by atoms with Crippen LogP contribution < -0.4 is 5.32 Å². The SMILES string of the molecule is C=CCC1CCCC(NC(=O)C(Cc2ccccc2)SC(C)=O)C(=O)N1CC(=O)O. The van der Waals surface area contributed by atoms with Crippen LogP contribution in [0.5, 0.6) is 0 Å². The van der Waals surface area contributed by atoms with Gasteiger partial charge in [0.1, 0.15) is 12.6 Å². The lowest BCUT2D eigenvalue weighted by atomic mass is 10.1. The van der Waals surface area contributed by atoms with Gasteiger partial charge < -0.3 is 15.3 Å². The lowest BCUT2D eigenvalue weighted by molar-refractivity contribution is -0.147. The number of hydrogen-bond donors (Lipinski definition) is 2. The van der Waals surface area contributed by atoms with Crippen molar-refractivity contribution in [1.29, 1.82) is 0 Å². The van der Waals surface area contributed by atoms with Crippen LogP contribution in [0.15, 0.2) is 43.0 Å². The van der Waals surface area contributed by atoms with Crippen LogP contribution in [-0.4, -0.2) is 56.8 Å². The number of benzene rings is 1. The van der Waals surface area contributed by atoms with E-state index in [-0.39, 0.29) is 11.2 Å². The minimum atomic E-state index is -1.10. The van der Waals surface area contributed by atoms with Crippen molar-refractivity contribution in [3.63, 3.8) is 0 Å². The second-order valence-electron chi connectivity index (χ2n) is 7.32. The fourth-order valence-corrected chi connectivity index (χ4v) is 4.47. The van der Waals surface area contributed by atoms with Gasteiger partial charge >= 0.3 is 5.97 Å². The number of carbonyl (C=O) groups excluding carboxylic acids is 3. The largest absolute Gasteiger partial charge is 0.480 e. The average Bonchev–Trinajstić information content (AvgIpc) is 2.82. The summed E-state index contributed by atoms with van der Waals surface area (Å²) in [6.07, 6.45) is 4.27. The molecular weight excluding hydrogens is 404 g/mol. The van der Waals surface area contributed by atoms with E-state index in [1.165, 1.54) is 11.8 Å². The van der Waals surface area contributed by atoms with Crippen molar-refractivity contribution in [1.82, 2.24) is 10.2 Å². The van der Waals surface area contributed by atoms with Crippen LogP contribution in [0.2, 0.25) is 0 Å². The van der Waals surface area contributed by atoms with Crippen LogP contribution >= 0.6 is 11.8 Å². The number of carboxylic acid groups (broad SMARTS) is 1. The third-order valence-corrected chi connectivity index (χ3v) is 5.97. The molecule has 0 aliphatic carbocycles. The van der Waals surface area contributed by atoms with E-state index in [2.05, 4.69) is 11.9 Å². The molecule has 1 aromatic carbocycles. The van der Waals surface area contributed by atoms with Crippen molar-refractivity contribution in [3.8, 4) is 0 Å².